The van der Waals surface area contributed by atoms with Gasteiger partial charge in [0.1, 0.15) is 0 Å². The number of nitrogens with zero attached hydrogens (tertiary/aromatic N) is 1. The molecule has 0 saturated carbocycles. The van der Waals surface area contributed by atoms with E-state index < -0.39 is 0 Å². The molecular weight excluding hydrogens is 234 g/mol. The number of hydrogen-bond acceptors (Lipinski definition) is 2. The molecule has 0 aliphatic rings. The van der Waals surface area contributed by atoms with Gasteiger partial charge in [-0.3, -0.25) is 0 Å². The van der Waals surface area contributed by atoms with Crippen LogP contribution in [0, 0.1) is 0 Å². The van der Waals surface area contributed by atoms with E-state index in [0.29, 0.717) is 17.2 Å². The Morgan fingerprint density at radius 2 is 1.82 bits per heavy atom. The minimum atomic E-state index is 0.557. The molecule has 0 radical (unpaired) electrons. The summed E-state index contributed by atoms with van der Waals surface area (Å²) < 4.78 is 0. The summed E-state index contributed by atoms with van der Waals surface area (Å²) in [4.78, 5) is 0. The molecule has 0 bridgehead atoms. The number of oxime groups is 1. The highest BCUT2D eigenvalue weighted by Crippen LogP contribution is 2.13. The zero-order valence-electron chi connectivity index (χ0n) is 9.18. The molecule has 0 atom stereocenters. The number of rotatable bonds is 3. The van der Waals surface area contributed by atoms with Crippen molar-refractivity contribution in [2.24, 2.45) is 5.16 Å². The lowest BCUT2D eigenvalue weighted by atomic mass is 10.0. The maximum absolute atomic E-state index is 9.07. The molecule has 2 aromatic carbocycles. The molecule has 0 aliphatic carbocycles. The first kappa shape index (κ1) is 11.7. The largest absolute Gasteiger partial charge is 0.411 e. The average molecular weight is 246 g/mol. The molecule has 0 saturated heterocycles. The summed E-state index contributed by atoms with van der Waals surface area (Å²) in [7, 11) is 0. The fourth-order valence-corrected chi connectivity index (χ4v) is 1.88. The van der Waals surface area contributed by atoms with Crippen molar-refractivity contribution in [3.8, 4) is 0 Å². The third-order valence-corrected chi connectivity index (χ3v) is 2.72. The summed E-state index contributed by atoms with van der Waals surface area (Å²) in [5.41, 5.74) is 2.57. The third-order valence-electron chi connectivity index (χ3n) is 2.49. The van der Waals surface area contributed by atoms with Crippen molar-refractivity contribution in [3.63, 3.8) is 0 Å². The van der Waals surface area contributed by atoms with Gasteiger partial charge < -0.3 is 5.21 Å². The Morgan fingerprint density at radius 3 is 2.47 bits per heavy atom. The van der Waals surface area contributed by atoms with Crippen LogP contribution in [0.2, 0.25) is 5.02 Å². The smallest absolute Gasteiger partial charge is 0.0911 e. The van der Waals surface area contributed by atoms with Crippen molar-refractivity contribution in [3.05, 3.63) is 70.7 Å². The minimum absolute atomic E-state index is 0.557. The van der Waals surface area contributed by atoms with Crippen LogP contribution < -0.4 is 0 Å². The van der Waals surface area contributed by atoms with Gasteiger partial charge in [-0.05, 0) is 23.3 Å². The van der Waals surface area contributed by atoms with Crippen LogP contribution in [0.3, 0.4) is 0 Å². The quantitative estimate of drug-likeness (QED) is 0.498. The average Bonchev–Trinajstić information content (AvgIpc) is 2.37. The van der Waals surface area contributed by atoms with Crippen LogP contribution in [0.25, 0.3) is 0 Å². The predicted octanol–water partition coefficient (Wildman–Crippen LogP) is 3.76. The van der Waals surface area contributed by atoms with Crippen molar-refractivity contribution >= 4 is 17.3 Å². The molecule has 3 heteroatoms. The van der Waals surface area contributed by atoms with E-state index in [1.54, 1.807) is 0 Å². The van der Waals surface area contributed by atoms with Crippen LogP contribution in [-0.2, 0) is 6.42 Å². The zero-order chi connectivity index (χ0) is 12.1. The summed E-state index contributed by atoms with van der Waals surface area (Å²) in [6.45, 7) is 0. The highest BCUT2D eigenvalue weighted by atomic mass is 35.5. The molecule has 1 N–H and O–H groups in total. The zero-order valence-corrected chi connectivity index (χ0v) is 9.93. The molecule has 0 aliphatic heterocycles. The Balaban J connectivity index is 2.23. The monoisotopic (exact) mass is 245 g/mol. The van der Waals surface area contributed by atoms with E-state index in [-0.39, 0.29) is 0 Å². The Morgan fingerprint density at radius 1 is 1.06 bits per heavy atom. The van der Waals surface area contributed by atoms with Crippen LogP contribution in [0.5, 0.6) is 0 Å². The fourth-order valence-electron chi connectivity index (χ4n) is 1.67. The molecule has 0 aromatic heterocycles. The Labute approximate surface area is 105 Å². The van der Waals surface area contributed by atoms with Gasteiger partial charge in [0.05, 0.1) is 5.71 Å². The minimum Gasteiger partial charge on any atom is -0.411 e. The topological polar surface area (TPSA) is 32.6 Å². The van der Waals surface area contributed by atoms with E-state index in [2.05, 4.69) is 5.16 Å². The van der Waals surface area contributed by atoms with Gasteiger partial charge in [-0.25, -0.2) is 0 Å². The summed E-state index contributed by atoms with van der Waals surface area (Å²) in [6, 6.07) is 17.1. The molecule has 0 amide bonds. The molecule has 0 heterocycles. The lowest BCUT2D eigenvalue weighted by molar-refractivity contribution is 0.318. The normalized spacial score (nSPS) is 11.5. The summed E-state index contributed by atoms with van der Waals surface area (Å²) in [6.07, 6.45) is 0.557. The molecule has 86 valence electrons. The van der Waals surface area contributed by atoms with E-state index in [0.717, 1.165) is 11.1 Å². The first-order valence-corrected chi connectivity index (χ1v) is 5.68. The van der Waals surface area contributed by atoms with E-state index in [9.17, 15) is 0 Å². The van der Waals surface area contributed by atoms with E-state index in [1.165, 1.54) is 0 Å². The summed E-state index contributed by atoms with van der Waals surface area (Å²) in [5.74, 6) is 0. The van der Waals surface area contributed by atoms with Crippen molar-refractivity contribution < 1.29 is 5.21 Å². The van der Waals surface area contributed by atoms with Gasteiger partial charge in [0.15, 0.2) is 0 Å². The van der Waals surface area contributed by atoms with Crippen molar-refractivity contribution in [2.45, 2.75) is 6.42 Å². The lowest BCUT2D eigenvalue weighted by Crippen LogP contribution is -2.05. The number of benzene rings is 2. The second-order valence-electron chi connectivity index (χ2n) is 3.72. The van der Waals surface area contributed by atoms with E-state index in [4.69, 9.17) is 16.8 Å². The maximum atomic E-state index is 9.07. The van der Waals surface area contributed by atoms with Crippen molar-refractivity contribution in [1.82, 2.24) is 0 Å². The molecule has 2 aromatic rings. The van der Waals surface area contributed by atoms with Crippen molar-refractivity contribution in [1.29, 1.82) is 0 Å². The fraction of sp³-hybridized carbons (Fsp3) is 0.0714. The standard InChI is InChI=1S/C14H12ClNO/c15-13-8-4-5-11(9-13)10-14(16-17)12-6-2-1-3-7-12/h1-9,17H,10H2. The van der Waals surface area contributed by atoms with Crippen LogP contribution in [0.1, 0.15) is 11.1 Å². The Hall–Kier alpha value is -1.80. The molecule has 0 unspecified atom stereocenters. The van der Waals surface area contributed by atoms with E-state index in [1.807, 2.05) is 54.6 Å². The molecule has 17 heavy (non-hydrogen) atoms. The number of halogens is 1. The first-order valence-electron chi connectivity index (χ1n) is 5.30. The molecule has 2 nitrogen and oxygen atoms in total. The Bertz CT molecular complexity index is 523. The molecule has 2 rings (SSSR count). The van der Waals surface area contributed by atoms with Gasteiger partial charge in [0.2, 0.25) is 0 Å². The third kappa shape index (κ3) is 3.08. The highest BCUT2D eigenvalue weighted by molar-refractivity contribution is 6.30. The lowest BCUT2D eigenvalue weighted by Gasteiger charge is -2.05. The summed E-state index contributed by atoms with van der Waals surface area (Å²) >= 11 is 5.92. The van der Waals surface area contributed by atoms with Gasteiger partial charge >= 0.3 is 0 Å². The highest BCUT2D eigenvalue weighted by Gasteiger charge is 2.05. The molecule has 0 fully saturated rings. The van der Waals surface area contributed by atoms with Gasteiger partial charge in [-0.2, -0.15) is 0 Å². The second kappa shape index (κ2) is 5.51. The first-order chi connectivity index (χ1) is 8.29. The maximum Gasteiger partial charge on any atom is 0.0911 e. The van der Waals surface area contributed by atoms with Gasteiger partial charge in [-0.1, -0.05) is 59.2 Å². The van der Waals surface area contributed by atoms with E-state index >= 15 is 0 Å². The molecular formula is C14H12ClNO. The van der Waals surface area contributed by atoms with Gasteiger partial charge in [0.25, 0.3) is 0 Å². The summed E-state index contributed by atoms with van der Waals surface area (Å²) in [5, 5.41) is 13.1. The van der Waals surface area contributed by atoms with Gasteiger partial charge in [0, 0.05) is 11.4 Å². The van der Waals surface area contributed by atoms with Crippen LogP contribution >= 0.6 is 11.6 Å². The second-order valence-corrected chi connectivity index (χ2v) is 4.16. The van der Waals surface area contributed by atoms with Crippen LogP contribution in [-0.4, -0.2) is 10.9 Å². The Kier molecular flexibility index (Phi) is 3.78. The SMILES string of the molecule is ON=C(Cc1cccc(Cl)c1)c1ccccc1. The molecule has 0 spiro atoms. The number of hydrogen-bond donors (Lipinski definition) is 1. The van der Waals surface area contributed by atoms with Crippen LogP contribution in [0.4, 0.5) is 0 Å². The predicted molar refractivity (Wildman–Crippen MR) is 69.9 cm³/mol. The van der Waals surface area contributed by atoms with Gasteiger partial charge in [-0.15, -0.1) is 0 Å². The van der Waals surface area contributed by atoms with Crippen molar-refractivity contribution in [2.75, 3.05) is 0 Å². The van der Waals surface area contributed by atoms with Crippen LogP contribution in [0.15, 0.2) is 59.8 Å².